The molecule has 0 radical (unpaired) electrons. The van der Waals surface area contributed by atoms with Crippen LogP contribution in [-0.4, -0.2) is 30.4 Å². The fourth-order valence-electron chi connectivity index (χ4n) is 2.74. The number of fused-ring (bicyclic) bond motifs is 1. The molecule has 2 aromatic rings. The number of nitrogens with zero attached hydrogens (tertiary/aromatic N) is 1. The molecule has 1 heterocycles. The first-order valence-corrected chi connectivity index (χ1v) is 7.07. The lowest BCUT2D eigenvalue weighted by molar-refractivity contribution is 0.0689. The van der Waals surface area contributed by atoms with Crippen molar-refractivity contribution in [3.63, 3.8) is 0 Å². The molecular formula is C16H20N2O2. The van der Waals surface area contributed by atoms with Gasteiger partial charge >= 0.3 is 0 Å². The van der Waals surface area contributed by atoms with E-state index in [0.29, 0.717) is 18.2 Å². The Bertz CT molecular complexity index is 643. The van der Waals surface area contributed by atoms with Gasteiger partial charge in [0, 0.05) is 25.0 Å². The smallest absolute Gasteiger partial charge is 0.289 e. The van der Waals surface area contributed by atoms with E-state index in [1.54, 1.807) is 4.90 Å². The summed E-state index contributed by atoms with van der Waals surface area (Å²) in [6, 6.07) is 7.86. The lowest BCUT2D eigenvalue weighted by Crippen LogP contribution is -2.43. The first-order chi connectivity index (χ1) is 9.60. The fraction of sp³-hybridized carbons (Fsp3) is 0.438. The SMILES string of the molecule is Cc1ccc2oc(C(=O)N(C)C(CN)C3CC3)cc2c1. The van der Waals surface area contributed by atoms with Crippen molar-refractivity contribution in [2.75, 3.05) is 13.6 Å². The Balaban J connectivity index is 1.87. The molecule has 1 aliphatic rings. The second kappa shape index (κ2) is 4.94. The highest BCUT2D eigenvalue weighted by atomic mass is 16.3. The highest BCUT2D eigenvalue weighted by Crippen LogP contribution is 2.35. The summed E-state index contributed by atoms with van der Waals surface area (Å²) in [6.45, 7) is 2.53. The van der Waals surface area contributed by atoms with Gasteiger partial charge in [0.25, 0.3) is 5.91 Å². The van der Waals surface area contributed by atoms with Crippen molar-refractivity contribution in [2.24, 2.45) is 11.7 Å². The number of hydrogen-bond acceptors (Lipinski definition) is 3. The van der Waals surface area contributed by atoms with E-state index in [0.717, 1.165) is 16.5 Å². The van der Waals surface area contributed by atoms with Crippen molar-refractivity contribution in [1.29, 1.82) is 0 Å². The van der Waals surface area contributed by atoms with Gasteiger partial charge in [-0.2, -0.15) is 0 Å². The molecule has 0 aliphatic heterocycles. The minimum Gasteiger partial charge on any atom is -0.451 e. The summed E-state index contributed by atoms with van der Waals surface area (Å²) >= 11 is 0. The number of likely N-dealkylation sites (N-methyl/N-ethyl adjacent to an activating group) is 1. The first-order valence-electron chi connectivity index (χ1n) is 7.07. The number of hydrogen-bond donors (Lipinski definition) is 1. The Labute approximate surface area is 118 Å². The third-order valence-electron chi connectivity index (χ3n) is 4.11. The van der Waals surface area contributed by atoms with E-state index < -0.39 is 0 Å². The van der Waals surface area contributed by atoms with E-state index in [1.807, 2.05) is 38.2 Å². The molecule has 0 bridgehead atoms. The molecular weight excluding hydrogens is 252 g/mol. The van der Waals surface area contributed by atoms with Crippen LogP contribution in [0.2, 0.25) is 0 Å². The number of carbonyl (C=O) groups is 1. The molecule has 1 amide bonds. The molecule has 1 unspecified atom stereocenters. The number of benzene rings is 1. The summed E-state index contributed by atoms with van der Waals surface area (Å²) < 4.78 is 5.67. The Kier molecular flexibility index (Phi) is 3.26. The third-order valence-corrected chi connectivity index (χ3v) is 4.11. The predicted molar refractivity (Wildman–Crippen MR) is 78.6 cm³/mol. The number of carbonyl (C=O) groups excluding carboxylic acids is 1. The molecule has 3 rings (SSSR count). The quantitative estimate of drug-likeness (QED) is 0.930. The van der Waals surface area contributed by atoms with Crippen molar-refractivity contribution in [3.8, 4) is 0 Å². The van der Waals surface area contributed by atoms with Crippen LogP contribution in [0.5, 0.6) is 0 Å². The molecule has 0 spiro atoms. The zero-order valence-electron chi connectivity index (χ0n) is 11.9. The number of amides is 1. The van der Waals surface area contributed by atoms with E-state index in [-0.39, 0.29) is 11.9 Å². The minimum absolute atomic E-state index is 0.0822. The first kappa shape index (κ1) is 13.2. The molecule has 2 N–H and O–H groups in total. The molecule has 0 saturated heterocycles. The van der Waals surface area contributed by atoms with Crippen molar-refractivity contribution in [2.45, 2.75) is 25.8 Å². The maximum absolute atomic E-state index is 12.5. The molecule has 1 aromatic carbocycles. The molecule has 1 saturated carbocycles. The van der Waals surface area contributed by atoms with Gasteiger partial charge in [-0.1, -0.05) is 11.6 Å². The van der Waals surface area contributed by atoms with Gasteiger partial charge in [-0.15, -0.1) is 0 Å². The Hall–Kier alpha value is -1.81. The van der Waals surface area contributed by atoms with Gasteiger partial charge in [0.1, 0.15) is 5.58 Å². The monoisotopic (exact) mass is 272 g/mol. The number of rotatable bonds is 4. The van der Waals surface area contributed by atoms with Crippen molar-refractivity contribution >= 4 is 16.9 Å². The Morgan fingerprint density at radius 2 is 2.20 bits per heavy atom. The maximum Gasteiger partial charge on any atom is 0.289 e. The fourth-order valence-corrected chi connectivity index (χ4v) is 2.74. The van der Waals surface area contributed by atoms with Gasteiger partial charge in [0.2, 0.25) is 0 Å². The van der Waals surface area contributed by atoms with Crippen LogP contribution in [-0.2, 0) is 0 Å². The molecule has 106 valence electrons. The highest BCUT2D eigenvalue weighted by molar-refractivity contribution is 5.96. The number of nitrogens with two attached hydrogens (primary N) is 1. The van der Waals surface area contributed by atoms with Crippen LogP contribution in [0.15, 0.2) is 28.7 Å². The topological polar surface area (TPSA) is 59.5 Å². The van der Waals surface area contributed by atoms with E-state index in [4.69, 9.17) is 10.2 Å². The average molecular weight is 272 g/mol. The summed E-state index contributed by atoms with van der Waals surface area (Å²) in [4.78, 5) is 14.2. The molecule has 4 nitrogen and oxygen atoms in total. The second-order valence-electron chi connectivity index (χ2n) is 5.71. The zero-order valence-corrected chi connectivity index (χ0v) is 11.9. The van der Waals surface area contributed by atoms with Crippen LogP contribution < -0.4 is 5.73 Å². The molecule has 4 heteroatoms. The van der Waals surface area contributed by atoms with Crippen LogP contribution in [0.3, 0.4) is 0 Å². The minimum atomic E-state index is -0.0822. The third kappa shape index (κ3) is 2.31. The summed E-state index contributed by atoms with van der Waals surface area (Å²) in [5.74, 6) is 0.869. The lowest BCUT2D eigenvalue weighted by atomic mass is 10.1. The van der Waals surface area contributed by atoms with Gasteiger partial charge < -0.3 is 15.1 Å². The zero-order chi connectivity index (χ0) is 14.3. The molecule has 1 atom stereocenters. The second-order valence-corrected chi connectivity index (χ2v) is 5.71. The summed E-state index contributed by atoms with van der Waals surface area (Å²) in [6.07, 6.45) is 2.33. The van der Waals surface area contributed by atoms with Gasteiger partial charge in [-0.25, -0.2) is 0 Å². The van der Waals surface area contributed by atoms with Gasteiger partial charge in [0.05, 0.1) is 0 Å². The summed E-state index contributed by atoms with van der Waals surface area (Å²) in [5.41, 5.74) is 7.71. The van der Waals surface area contributed by atoms with Crippen molar-refractivity contribution in [1.82, 2.24) is 4.90 Å². The van der Waals surface area contributed by atoms with Crippen LogP contribution in [0.1, 0.15) is 29.0 Å². The highest BCUT2D eigenvalue weighted by Gasteiger charge is 2.35. The van der Waals surface area contributed by atoms with Crippen LogP contribution in [0.4, 0.5) is 0 Å². The lowest BCUT2D eigenvalue weighted by Gasteiger charge is -2.26. The molecule has 1 fully saturated rings. The largest absolute Gasteiger partial charge is 0.451 e. The van der Waals surface area contributed by atoms with Gasteiger partial charge in [0.15, 0.2) is 5.76 Å². The van der Waals surface area contributed by atoms with E-state index >= 15 is 0 Å². The van der Waals surface area contributed by atoms with Crippen molar-refractivity contribution < 1.29 is 9.21 Å². The van der Waals surface area contributed by atoms with Crippen LogP contribution in [0, 0.1) is 12.8 Å². The summed E-state index contributed by atoms with van der Waals surface area (Å²) in [5, 5.41) is 0.970. The Morgan fingerprint density at radius 3 is 2.85 bits per heavy atom. The number of aryl methyl sites for hydroxylation is 1. The Morgan fingerprint density at radius 1 is 1.45 bits per heavy atom. The summed E-state index contributed by atoms with van der Waals surface area (Å²) in [7, 11) is 1.82. The van der Waals surface area contributed by atoms with E-state index in [1.165, 1.54) is 12.8 Å². The number of furan rings is 1. The average Bonchev–Trinajstić information content (AvgIpc) is 3.17. The standard InChI is InChI=1S/C16H20N2O2/c1-10-3-6-14-12(7-10)8-15(20-14)16(19)18(2)13(9-17)11-4-5-11/h3,6-8,11,13H,4-5,9,17H2,1-2H3. The molecule has 20 heavy (non-hydrogen) atoms. The van der Waals surface area contributed by atoms with Crippen molar-refractivity contribution in [3.05, 3.63) is 35.6 Å². The van der Waals surface area contributed by atoms with E-state index in [9.17, 15) is 4.79 Å². The predicted octanol–water partition coefficient (Wildman–Crippen LogP) is 2.55. The molecule has 1 aromatic heterocycles. The van der Waals surface area contributed by atoms with Crippen LogP contribution in [0.25, 0.3) is 11.0 Å². The molecule has 1 aliphatic carbocycles. The maximum atomic E-state index is 12.5. The van der Waals surface area contributed by atoms with Gasteiger partial charge in [-0.3, -0.25) is 4.79 Å². The van der Waals surface area contributed by atoms with Crippen LogP contribution >= 0.6 is 0 Å². The van der Waals surface area contributed by atoms with Gasteiger partial charge in [-0.05, 0) is 43.9 Å². The normalized spacial score (nSPS) is 16.4. The van der Waals surface area contributed by atoms with E-state index in [2.05, 4.69) is 0 Å².